The van der Waals surface area contributed by atoms with Crippen molar-refractivity contribution in [2.24, 2.45) is 5.16 Å². The molecule has 7 nitrogen and oxygen atoms in total. The fraction of sp³-hybridized carbons (Fsp3) is 0.150. The zero-order valence-electron chi connectivity index (χ0n) is 15.6. The summed E-state index contributed by atoms with van der Waals surface area (Å²) in [5.74, 6) is -2.98. The Morgan fingerprint density at radius 2 is 1.90 bits per heavy atom. The molecule has 152 valence electrons. The predicted octanol–water partition coefficient (Wildman–Crippen LogP) is 3.11. The van der Waals surface area contributed by atoms with Gasteiger partial charge in [0.25, 0.3) is 0 Å². The van der Waals surface area contributed by atoms with Crippen LogP contribution in [0.2, 0.25) is 0 Å². The first-order chi connectivity index (χ1) is 14.0. The van der Waals surface area contributed by atoms with Crippen molar-refractivity contribution in [3.05, 3.63) is 71.5 Å². The zero-order valence-corrected chi connectivity index (χ0v) is 15.6. The Labute approximate surface area is 165 Å². The standard InChI is InChI=1S/C20H18F2N2O5/c1-27-12-16(20(26)28-2)15-6-4-3-5-13(15)10-24-29-19(25)11-23-18-8-7-14(21)9-17(18)22/h3-10,12,23H,11H2,1-2H3/b16-12+,24-10+. The van der Waals surface area contributed by atoms with Gasteiger partial charge in [-0.25, -0.2) is 18.4 Å². The third-order valence-corrected chi connectivity index (χ3v) is 3.59. The predicted molar refractivity (Wildman–Crippen MR) is 102 cm³/mol. The smallest absolute Gasteiger partial charge is 0.353 e. The molecule has 0 bridgehead atoms. The normalized spacial score (nSPS) is 11.2. The van der Waals surface area contributed by atoms with Gasteiger partial charge in [-0.15, -0.1) is 0 Å². The van der Waals surface area contributed by atoms with Gasteiger partial charge >= 0.3 is 11.9 Å². The second-order valence-corrected chi connectivity index (χ2v) is 5.52. The molecule has 9 heteroatoms. The highest BCUT2D eigenvalue weighted by Gasteiger charge is 2.16. The Morgan fingerprint density at radius 3 is 2.59 bits per heavy atom. The topological polar surface area (TPSA) is 86.2 Å². The molecule has 0 aliphatic heterocycles. The third-order valence-electron chi connectivity index (χ3n) is 3.59. The van der Waals surface area contributed by atoms with Crippen LogP contribution in [0.4, 0.5) is 14.5 Å². The van der Waals surface area contributed by atoms with E-state index in [9.17, 15) is 18.4 Å². The summed E-state index contributed by atoms with van der Waals surface area (Å²) in [6.45, 7) is -0.390. The van der Waals surface area contributed by atoms with Crippen LogP contribution in [0.3, 0.4) is 0 Å². The van der Waals surface area contributed by atoms with Gasteiger partial charge in [0.15, 0.2) is 0 Å². The molecule has 29 heavy (non-hydrogen) atoms. The first-order valence-electron chi connectivity index (χ1n) is 8.29. The SMILES string of the molecule is CO/C=C(/C(=O)OC)c1ccccc1/C=N/OC(=O)CNc1ccc(F)cc1F. The van der Waals surface area contributed by atoms with E-state index in [1.807, 2.05) is 0 Å². The van der Waals surface area contributed by atoms with Crippen LogP contribution in [-0.2, 0) is 23.9 Å². The molecule has 1 N–H and O–H groups in total. The fourth-order valence-electron chi connectivity index (χ4n) is 2.28. The van der Waals surface area contributed by atoms with E-state index in [0.29, 0.717) is 17.2 Å². The van der Waals surface area contributed by atoms with Crippen molar-refractivity contribution in [2.45, 2.75) is 0 Å². The molecule has 0 spiro atoms. The van der Waals surface area contributed by atoms with E-state index in [1.54, 1.807) is 24.3 Å². The Balaban J connectivity index is 2.04. The molecule has 0 radical (unpaired) electrons. The van der Waals surface area contributed by atoms with E-state index in [0.717, 1.165) is 12.1 Å². The number of anilines is 1. The van der Waals surface area contributed by atoms with Gasteiger partial charge in [0, 0.05) is 17.2 Å². The highest BCUT2D eigenvalue weighted by molar-refractivity contribution is 6.18. The van der Waals surface area contributed by atoms with Crippen molar-refractivity contribution < 1.29 is 32.7 Å². The second kappa shape index (κ2) is 10.5. The quantitative estimate of drug-likeness (QED) is 0.182. The number of esters is 1. The summed E-state index contributed by atoms with van der Waals surface area (Å²) in [4.78, 5) is 28.4. The van der Waals surface area contributed by atoms with Gasteiger partial charge in [-0.05, 0) is 12.1 Å². The summed E-state index contributed by atoms with van der Waals surface area (Å²) in [7, 11) is 2.62. The lowest BCUT2D eigenvalue weighted by molar-refractivity contribution is -0.141. The van der Waals surface area contributed by atoms with Crippen LogP contribution >= 0.6 is 0 Å². The van der Waals surface area contributed by atoms with Crippen LogP contribution in [0.1, 0.15) is 11.1 Å². The number of hydrogen-bond acceptors (Lipinski definition) is 7. The van der Waals surface area contributed by atoms with E-state index in [-0.39, 0.29) is 11.3 Å². The molecule has 0 aromatic heterocycles. The van der Waals surface area contributed by atoms with Crippen LogP contribution in [-0.4, -0.2) is 38.9 Å². The van der Waals surface area contributed by atoms with Gasteiger partial charge in [-0.3, -0.25) is 0 Å². The van der Waals surface area contributed by atoms with Gasteiger partial charge in [0.2, 0.25) is 0 Å². The Kier molecular flexibility index (Phi) is 7.84. The van der Waals surface area contributed by atoms with Crippen molar-refractivity contribution in [1.29, 1.82) is 0 Å². The Hall–Kier alpha value is -3.75. The van der Waals surface area contributed by atoms with Gasteiger partial charge in [0.1, 0.15) is 23.8 Å². The van der Waals surface area contributed by atoms with Gasteiger partial charge in [0.05, 0.1) is 32.4 Å². The minimum Gasteiger partial charge on any atom is -0.503 e. The summed E-state index contributed by atoms with van der Waals surface area (Å²) >= 11 is 0. The summed E-state index contributed by atoms with van der Waals surface area (Å²) < 4.78 is 36.0. The maximum atomic E-state index is 13.5. The number of carbonyl (C=O) groups excluding carboxylic acids is 2. The number of halogens is 2. The van der Waals surface area contributed by atoms with Gasteiger partial charge < -0.3 is 19.6 Å². The first kappa shape index (κ1) is 21.5. The monoisotopic (exact) mass is 404 g/mol. The number of nitrogens with one attached hydrogen (secondary N) is 1. The molecule has 0 aliphatic rings. The van der Waals surface area contributed by atoms with Crippen LogP contribution in [0.25, 0.3) is 5.57 Å². The first-order valence-corrected chi connectivity index (χ1v) is 8.29. The van der Waals surface area contributed by atoms with Crippen LogP contribution in [0, 0.1) is 11.6 Å². The lowest BCUT2D eigenvalue weighted by Gasteiger charge is -2.08. The van der Waals surface area contributed by atoms with Crippen molar-refractivity contribution >= 4 is 29.4 Å². The molecule has 0 amide bonds. The Morgan fingerprint density at radius 1 is 1.14 bits per heavy atom. The molecule has 0 heterocycles. The number of oxime groups is 1. The molecule has 0 aliphatic carbocycles. The molecular weight excluding hydrogens is 386 g/mol. The van der Waals surface area contributed by atoms with E-state index in [1.165, 1.54) is 26.7 Å². The van der Waals surface area contributed by atoms with Crippen LogP contribution in [0.5, 0.6) is 0 Å². The average molecular weight is 404 g/mol. The third kappa shape index (κ3) is 6.13. The fourth-order valence-corrected chi connectivity index (χ4v) is 2.28. The molecule has 2 rings (SSSR count). The number of nitrogens with zero attached hydrogens (tertiary/aromatic N) is 1. The molecule has 2 aromatic rings. The second-order valence-electron chi connectivity index (χ2n) is 5.52. The molecule has 2 aromatic carbocycles. The summed E-state index contributed by atoms with van der Waals surface area (Å²) in [6, 6.07) is 9.59. The maximum absolute atomic E-state index is 13.5. The number of hydrogen-bond donors (Lipinski definition) is 1. The molecule has 0 saturated heterocycles. The molecule has 0 fully saturated rings. The maximum Gasteiger partial charge on any atom is 0.353 e. The number of methoxy groups -OCH3 is 2. The highest BCUT2D eigenvalue weighted by Crippen LogP contribution is 2.20. The number of benzene rings is 2. The molecule has 0 unspecified atom stereocenters. The summed E-state index contributed by atoms with van der Waals surface area (Å²) in [6.07, 6.45) is 2.46. The van der Waals surface area contributed by atoms with E-state index >= 15 is 0 Å². The van der Waals surface area contributed by atoms with Crippen molar-refractivity contribution in [3.8, 4) is 0 Å². The minimum absolute atomic E-state index is 0.0508. The molecular formula is C20H18F2N2O5. The van der Waals surface area contributed by atoms with Crippen LogP contribution < -0.4 is 5.32 Å². The molecule has 0 atom stereocenters. The lowest BCUT2D eigenvalue weighted by Crippen LogP contribution is -2.15. The average Bonchev–Trinajstić information content (AvgIpc) is 2.71. The van der Waals surface area contributed by atoms with Gasteiger partial charge in [-0.1, -0.05) is 29.4 Å². The van der Waals surface area contributed by atoms with E-state index < -0.39 is 30.1 Å². The Bertz CT molecular complexity index is 944. The highest BCUT2D eigenvalue weighted by atomic mass is 19.1. The minimum atomic E-state index is -0.838. The largest absolute Gasteiger partial charge is 0.503 e. The van der Waals surface area contributed by atoms with Crippen molar-refractivity contribution in [2.75, 3.05) is 26.1 Å². The summed E-state index contributed by atoms with van der Waals surface area (Å²) in [5, 5.41) is 6.07. The molecule has 0 saturated carbocycles. The van der Waals surface area contributed by atoms with E-state index in [2.05, 4.69) is 10.5 Å². The van der Waals surface area contributed by atoms with Crippen LogP contribution in [0.15, 0.2) is 53.9 Å². The van der Waals surface area contributed by atoms with Gasteiger partial charge in [-0.2, -0.15) is 0 Å². The van der Waals surface area contributed by atoms with E-state index in [4.69, 9.17) is 14.3 Å². The summed E-state index contributed by atoms with van der Waals surface area (Å²) in [5.41, 5.74) is 1.01. The number of rotatable bonds is 8. The van der Waals surface area contributed by atoms with Crippen molar-refractivity contribution in [3.63, 3.8) is 0 Å². The zero-order chi connectivity index (χ0) is 21.2. The lowest BCUT2D eigenvalue weighted by atomic mass is 10.0. The van der Waals surface area contributed by atoms with Crippen molar-refractivity contribution in [1.82, 2.24) is 0 Å². The number of ether oxygens (including phenoxy) is 2. The number of carbonyl (C=O) groups is 2.